The molecule has 1 saturated heterocycles. The van der Waals surface area contributed by atoms with E-state index in [4.69, 9.17) is 17.0 Å². The van der Waals surface area contributed by atoms with Crippen LogP contribution in [0.5, 0.6) is 5.75 Å². The van der Waals surface area contributed by atoms with Gasteiger partial charge in [-0.1, -0.05) is 30.3 Å². The molecule has 0 spiro atoms. The molecule has 0 aromatic heterocycles. The number of methoxy groups -OCH3 is 1. The van der Waals surface area contributed by atoms with Gasteiger partial charge in [-0.05, 0) is 56.0 Å². The Morgan fingerprint density at radius 1 is 1.00 bits per heavy atom. The molecule has 1 heterocycles. The molecule has 1 aliphatic heterocycles. The molecule has 1 aliphatic rings. The molecule has 0 aliphatic carbocycles. The summed E-state index contributed by atoms with van der Waals surface area (Å²) in [5.74, 6) is 0.831. The fraction of sp³-hybridized carbons (Fsp3) is 0.409. The second-order valence-corrected chi connectivity index (χ2v) is 7.72. The molecule has 1 fully saturated rings. The van der Waals surface area contributed by atoms with E-state index in [1.54, 1.807) is 7.11 Å². The summed E-state index contributed by atoms with van der Waals surface area (Å²) in [5, 5.41) is 7.41. The fourth-order valence-electron chi connectivity index (χ4n) is 3.69. The average Bonchev–Trinajstić information content (AvgIpc) is 2.71. The largest absolute Gasteiger partial charge is 0.497 e. The third-order valence-electron chi connectivity index (χ3n) is 5.25. The van der Waals surface area contributed by atoms with Crippen molar-refractivity contribution in [2.24, 2.45) is 0 Å². The number of thiocarbonyl (C=S) groups is 1. The van der Waals surface area contributed by atoms with E-state index in [9.17, 15) is 0 Å². The monoisotopic (exact) mass is 398 g/mol. The summed E-state index contributed by atoms with van der Waals surface area (Å²) in [6.45, 7) is 6.49. The van der Waals surface area contributed by atoms with Crippen LogP contribution in [0.3, 0.4) is 0 Å². The quantitative estimate of drug-likeness (QED) is 0.727. The van der Waals surface area contributed by atoms with Gasteiger partial charge in [0, 0.05) is 37.9 Å². The number of hydrogen-bond donors (Lipinski definition) is 2. The van der Waals surface area contributed by atoms with Crippen molar-refractivity contribution in [1.82, 2.24) is 15.1 Å². The molecule has 2 N–H and O–H groups in total. The Labute approximate surface area is 173 Å². The molecule has 0 saturated carbocycles. The van der Waals surface area contributed by atoms with Gasteiger partial charge in [0.1, 0.15) is 5.75 Å². The summed E-state index contributed by atoms with van der Waals surface area (Å²) in [7, 11) is 3.85. The van der Waals surface area contributed by atoms with Crippen LogP contribution in [0.15, 0.2) is 54.6 Å². The first-order valence-corrected chi connectivity index (χ1v) is 10.2. The van der Waals surface area contributed by atoms with Gasteiger partial charge in [0.2, 0.25) is 0 Å². The Morgan fingerprint density at radius 3 is 2.25 bits per heavy atom. The first kappa shape index (κ1) is 20.6. The van der Waals surface area contributed by atoms with Crippen LogP contribution in [0.4, 0.5) is 5.69 Å². The van der Waals surface area contributed by atoms with Crippen molar-refractivity contribution >= 4 is 23.0 Å². The first-order valence-electron chi connectivity index (χ1n) is 9.76. The number of ether oxygens (including phenoxy) is 1. The second-order valence-electron chi connectivity index (χ2n) is 7.31. The number of nitrogens with zero attached hydrogens (tertiary/aromatic N) is 2. The van der Waals surface area contributed by atoms with Crippen molar-refractivity contribution in [3.63, 3.8) is 0 Å². The fourth-order valence-corrected chi connectivity index (χ4v) is 4.00. The Bertz CT molecular complexity index is 745. The van der Waals surface area contributed by atoms with Gasteiger partial charge in [0.25, 0.3) is 0 Å². The van der Waals surface area contributed by atoms with Crippen molar-refractivity contribution in [3.05, 3.63) is 60.2 Å². The highest BCUT2D eigenvalue weighted by molar-refractivity contribution is 7.80. The Morgan fingerprint density at radius 2 is 1.64 bits per heavy atom. The van der Waals surface area contributed by atoms with Crippen LogP contribution < -0.4 is 15.4 Å². The van der Waals surface area contributed by atoms with E-state index in [1.165, 1.54) is 5.56 Å². The van der Waals surface area contributed by atoms with Crippen LogP contribution in [0.1, 0.15) is 18.5 Å². The van der Waals surface area contributed by atoms with E-state index < -0.39 is 0 Å². The predicted molar refractivity (Wildman–Crippen MR) is 120 cm³/mol. The zero-order chi connectivity index (χ0) is 19.9. The van der Waals surface area contributed by atoms with Crippen molar-refractivity contribution in [2.75, 3.05) is 45.7 Å². The number of likely N-dealkylation sites (N-methyl/N-ethyl adjacent to an activating group) is 1. The minimum Gasteiger partial charge on any atom is -0.497 e. The molecule has 0 amide bonds. The minimum absolute atomic E-state index is 0.170. The van der Waals surface area contributed by atoms with Crippen LogP contribution in [0.2, 0.25) is 0 Å². The van der Waals surface area contributed by atoms with Gasteiger partial charge >= 0.3 is 0 Å². The second kappa shape index (κ2) is 9.87. The molecular weight excluding hydrogens is 368 g/mol. The van der Waals surface area contributed by atoms with Gasteiger partial charge in [-0.2, -0.15) is 0 Å². The predicted octanol–water partition coefficient (Wildman–Crippen LogP) is 3.36. The van der Waals surface area contributed by atoms with E-state index in [2.05, 4.69) is 64.7 Å². The maximum atomic E-state index is 5.58. The molecule has 28 heavy (non-hydrogen) atoms. The molecule has 2 aromatic carbocycles. The lowest BCUT2D eigenvalue weighted by Gasteiger charge is -2.41. The molecule has 2 atom stereocenters. The van der Waals surface area contributed by atoms with E-state index >= 15 is 0 Å². The highest BCUT2D eigenvalue weighted by atomic mass is 32.1. The van der Waals surface area contributed by atoms with Crippen molar-refractivity contribution in [1.29, 1.82) is 0 Å². The van der Waals surface area contributed by atoms with Gasteiger partial charge in [-0.25, -0.2) is 0 Å². The van der Waals surface area contributed by atoms with E-state index in [0.29, 0.717) is 5.11 Å². The van der Waals surface area contributed by atoms with Gasteiger partial charge in [-0.15, -0.1) is 0 Å². The molecule has 150 valence electrons. The van der Waals surface area contributed by atoms with E-state index in [1.807, 2.05) is 24.3 Å². The topological polar surface area (TPSA) is 39.8 Å². The lowest BCUT2D eigenvalue weighted by Crippen LogP contribution is -2.52. The normalized spacial score (nSPS) is 17.5. The maximum absolute atomic E-state index is 5.58. The summed E-state index contributed by atoms with van der Waals surface area (Å²) in [5.41, 5.74) is 2.26. The van der Waals surface area contributed by atoms with Crippen molar-refractivity contribution < 1.29 is 4.74 Å². The van der Waals surface area contributed by atoms with Crippen molar-refractivity contribution in [2.45, 2.75) is 19.0 Å². The smallest absolute Gasteiger partial charge is 0.171 e. The Kier molecular flexibility index (Phi) is 7.25. The highest BCUT2D eigenvalue weighted by Crippen LogP contribution is 2.26. The lowest BCUT2D eigenvalue weighted by molar-refractivity contribution is 0.0973. The Balaban J connectivity index is 1.67. The van der Waals surface area contributed by atoms with E-state index in [0.717, 1.165) is 37.6 Å². The third-order valence-corrected chi connectivity index (χ3v) is 5.47. The van der Waals surface area contributed by atoms with Crippen LogP contribution in [-0.4, -0.2) is 61.3 Å². The summed E-state index contributed by atoms with van der Waals surface area (Å²) in [4.78, 5) is 4.94. The van der Waals surface area contributed by atoms with Crippen LogP contribution >= 0.6 is 12.2 Å². The zero-order valence-corrected chi connectivity index (χ0v) is 17.7. The number of hydrogen-bond acceptors (Lipinski definition) is 4. The SMILES string of the molecule is COc1ccc(NC(=S)N[C@@H](C)[C@H](c2ccccc2)N2CCN(C)CC2)cc1. The zero-order valence-electron chi connectivity index (χ0n) is 16.9. The summed E-state index contributed by atoms with van der Waals surface area (Å²) in [6.07, 6.45) is 0. The van der Waals surface area contributed by atoms with E-state index in [-0.39, 0.29) is 12.1 Å². The number of anilines is 1. The summed E-state index contributed by atoms with van der Waals surface area (Å²) >= 11 is 5.58. The van der Waals surface area contributed by atoms with Crippen molar-refractivity contribution in [3.8, 4) is 5.75 Å². The molecule has 0 bridgehead atoms. The van der Waals surface area contributed by atoms with Crippen LogP contribution in [-0.2, 0) is 0 Å². The molecule has 2 aromatic rings. The summed E-state index contributed by atoms with van der Waals surface area (Å²) < 4.78 is 5.21. The number of benzene rings is 2. The Hall–Kier alpha value is -2.15. The van der Waals surface area contributed by atoms with Gasteiger partial charge < -0.3 is 20.3 Å². The minimum atomic E-state index is 0.170. The molecule has 3 rings (SSSR count). The van der Waals surface area contributed by atoms with Gasteiger partial charge in [-0.3, -0.25) is 4.90 Å². The van der Waals surface area contributed by atoms with Crippen LogP contribution in [0.25, 0.3) is 0 Å². The number of nitrogens with one attached hydrogen (secondary N) is 2. The molecule has 0 radical (unpaired) electrons. The highest BCUT2D eigenvalue weighted by Gasteiger charge is 2.28. The molecule has 6 heteroatoms. The average molecular weight is 399 g/mol. The first-order chi connectivity index (χ1) is 13.6. The third kappa shape index (κ3) is 5.44. The lowest BCUT2D eigenvalue weighted by atomic mass is 9.98. The molecule has 0 unspecified atom stereocenters. The van der Waals surface area contributed by atoms with Crippen LogP contribution in [0, 0.1) is 0 Å². The van der Waals surface area contributed by atoms with Gasteiger partial charge in [0.15, 0.2) is 5.11 Å². The number of rotatable bonds is 6. The van der Waals surface area contributed by atoms with Gasteiger partial charge in [0.05, 0.1) is 13.2 Å². The summed E-state index contributed by atoms with van der Waals surface area (Å²) in [6, 6.07) is 18.9. The maximum Gasteiger partial charge on any atom is 0.171 e. The molecular formula is C22H30N4OS. The standard InChI is InChI=1S/C22H30N4OS/c1-17(23-22(28)24-19-9-11-20(27-3)12-10-19)21(18-7-5-4-6-8-18)26-15-13-25(2)14-16-26/h4-12,17,21H,13-16H2,1-3H3,(H2,23,24,28)/t17-,21+/m0/s1. The number of piperazine rings is 1. The molecule has 5 nitrogen and oxygen atoms in total.